The van der Waals surface area contributed by atoms with Crippen LogP contribution in [0.5, 0.6) is 0 Å². The number of likely N-dealkylation sites (N-methyl/N-ethyl adjacent to an activating group) is 1. The van der Waals surface area contributed by atoms with E-state index in [1.54, 1.807) is 11.3 Å². The van der Waals surface area contributed by atoms with Crippen LogP contribution in [0.25, 0.3) is 0 Å². The number of hydrogen-bond donors (Lipinski definition) is 1. The lowest BCUT2D eigenvalue weighted by Crippen LogP contribution is -2.33. The predicted molar refractivity (Wildman–Crippen MR) is 77.4 cm³/mol. The van der Waals surface area contributed by atoms with Crippen LogP contribution in [0.2, 0.25) is 0 Å². The largest absolute Gasteiger partial charge is 0.349 e. The molecule has 1 atom stereocenters. The first kappa shape index (κ1) is 13.3. The smallest absolute Gasteiger partial charge is 0.261 e. The lowest BCUT2D eigenvalue weighted by Gasteiger charge is -2.23. The maximum atomic E-state index is 11.9. The van der Waals surface area contributed by atoms with Gasteiger partial charge >= 0.3 is 0 Å². The molecule has 0 fully saturated rings. The normalized spacial score (nSPS) is 12.6. The Morgan fingerprint density at radius 2 is 2.00 bits per heavy atom. The first-order valence-corrected chi connectivity index (χ1v) is 7.46. The van der Waals surface area contributed by atoms with Gasteiger partial charge in [0.05, 0.1) is 10.9 Å². The molecule has 0 spiro atoms. The fraction of sp³-hybridized carbons (Fsp3) is 0.308. The number of amides is 1. The molecule has 0 bridgehead atoms. The maximum Gasteiger partial charge on any atom is 0.261 e. The van der Waals surface area contributed by atoms with Crippen LogP contribution in [-0.4, -0.2) is 31.4 Å². The summed E-state index contributed by atoms with van der Waals surface area (Å²) in [5.41, 5.74) is 0. The number of nitrogens with one attached hydrogen (secondary N) is 1. The molecule has 0 radical (unpaired) electrons. The first-order valence-electron chi connectivity index (χ1n) is 5.70. The predicted octanol–water partition coefficient (Wildman–Crippen LogP) is 2.84. The highest BCUT2D eigenvalue weighted by Crippen LogP contribution is 2.22. The zero-order valence-corrected chi connectivity index (χ0v) is 12.1. The van der Waals surface area contributed by atoms with E-state index in [-0.39, 0.29) is 11.9 Å². The van der Waals surface area contributed by atoms with Crippen molar-refractivity contribution in [3.63, 3.8) is 0 Å². The Morgan fingerprint density at radius 1 is 1.28 bits per heavy atom. The molecule has 5 heteroatoms. The first-order chi connectivity index (χ1) is 8.68. The summed E-state index contributed by atoms with van der Waals surface area (Å²) in [6, 6.07) is 8.11. The Labute approximate surface area is 115 Å². The number of thiophene rings is 2. The molecule has 0 saturated carbocycles. The standard InChI is InChI=1S/C13H16N2OS2/c1-15(2)10(11-5-3-7-17-11)9-14-13(16)12-6-4-8-18-12/h3-8,10H,9H2,1-2H3,(H,14,16)/t10-/m1/s1. The molecule has 2 aromatic heterocycles. The summed E-state index contributed by atoms with van der Waals surface area (Å²) in [6.07, 6.45) is 0. The molecule has 0 saturated heterocycles. The van der Waals surface area contributed by atoms with Gasteiger partial charge in [0.25, 0.3) is 5.91 Å². The third-order valence-electron chi connectivity index (χ3n) is 2.70. The number of hydrogen-bond acceptors (Lipinski definition) is 4. The quantitative estimate of drug-likeness (QED) is 0.913. The summed E-state index contributed by atoms with van der Waals surface area (Å²) in [5.74, 6) is 0.00778. The molecule has 2 rings (SSSR count). The highest BCUT2D eigenvalue weighted by molar-refractivity contribution is 7.12. The van der Waals surface area contributed by atoms with Gasteiger partial charge in [0, 0.05) is 11.4 Å². The van der Waals surface area contributed by atoms with Crippen LogP contribution in [0.15, 0.2) is 35.0 Å². The van der Waals surface area contributed by atoms with Crippen LogP contribution in [0.4, 0.5) is 0 Å². The third-order valence-corrected chi connectivity index (χ3v) is 4.54. The van der Waals surface area contributed by atoms with Crippen molar-refractivity contribution in [3.8, 4) is 0 Å². The van der Waals surface area contributed by atoms with Crippen molar-refractivity contribution in [1.29, 1.82) is 0 Å². The molecule has 0 unspecified atom stereocenters. The van der Waals surface area contributed by atoms with Gasteiger partial charge in [-0.15, -0.1) is 22.7 Å². The lowest BCUT2D eigenvalue weighted by atomic mass is 10.2. The van der Waals surface area contributed by atoms with Crippen LogP contribution in [0.1, 0.15) is 20.6 Å². The van der Waals surface area contributed by atoms with Gasteiger partial charge < -0.3 is 10.2 Å². The Bertz CT molecular complexity index is 477. The number of carbonyl (C=O) groups excluding carboxylic acids is 1. The SMILES string of the molecule is CN(C)[C@H](CNC(=O)c1cccs1)c1cccs1. The lowest BCUT2D eigenvalue weighted by molar-refractivity contribution is 0.0946. The minimum absolute atomic E-state index is 0.00778. The Balaban J connectivity index is 1.97. The van der Waals surface area contributed by atoms with Crippen molar-refractivity contribution >= 4 is 28.6 Å². The van der Waals surface area contributed by atoms with E-state index in [0.717, 1.165) is 4.88 Å². The van der Waals surface area contributed by atoms with Gasteiger partial charge in [0.15, 0.2) is 0 Å². The van der Waals surface area contributed by atoms with Gasteiger partial charge in [0.1, 0.15) is 0 Å². The van der Waals surface area contributed by atoms with Crippen molar-refractivity contribution in [2.75, 3.05) is 20.6 Å². The van der Waals surface area contributed by atoms with Gasteiger partial charge in [-0.3, -0.25) is 4.79 Å². The van der Waals surface area contributed by atoms with E-state index >= 15 is 0 Å². The van der Waals surface area contributed by atoms with Crippen molar-refractivity contribution in [3.05, 3.63) is 44.8 Å². The van der Waals surface area contributed by atoms with Crippen LogP contribution >= 0.6 is 22.7 Å². The third kappa shape index (κ3) is 3.19. The second kappa shape index (κ2) is 6.13. The molecule has 0 aliphatic rings. The summed E-state index contributed by atoms with van der Waals surface area (Å²) < 4.78 is 0. The van der Waals surface area contributed by atoms with E-state index in [0.29, 0.717) is 6.54 Å². The van der Waals surface area contributed by atoms with E-state index in [2.05, 4.69) is 21.7 Å². The van der Waals surface area contributed by atoms with E-state index in [1.807, 2.05) is 37.7 Å². The van der Waals surface area contributed by atoms with E-state index in [9.17, 15) is 4.79 Å². The van der Waals surface area contributed by atoms with Gasteiger partial charge in [-0.05, 0) is 37.0 Å². The van der Waals surface area contributed by atoms with Crippen LogP contribution in [-0.2, 0) is 0 Å². The fourth-order valence-corrected chi connectivity index (χ4v) is 3.27. The molecule has 2 aromatic rings. The summed E-state index contributed by atoms with van der Waals surface area (Å²) in [5, 5.41) is 6.97. The zero-order chi connectivity index (χ0) is 13.0. The van der Waals surface area contributed by atoms with Crippen LogP contribution in [0, 0.1) is 0 Å². The Morgan fingerprint density at radius 3 is 2.56 bits per heavy atom. The molecular formula is C13H16N2OS2. The Kier molecular flexibility index (Phi) is 4.52. The highest BCUT2D eigenvalue weighted by atomic mass is 32.1. The number of rotatable bonds is 5. The highest BCUT2D eigenvalue weighted by Gasteiger charge is 2.16. The van der Waals surface area contributed by atoms with Crippen LogP contribution < -0.4 is 5.32 Å². The van der Waals surface area contributed by atoms with E-state index < -0.39 is 0 Å². The van der Waals surface area contributed by atoms with Crippen molar-refractivity contribution in [2.24, 2.45) is 0 Å². The summed E-state index contributed by atoms with van der Waals surface area (Å²) in [4.78, 5) is 16.0. The van der Waals surface area contributed by atoms with Gasteiger partial charge in [-0.2, -0.15) is 0 Å². The molecule has 3 nitrogen and oxygen atoms in total. The molecule has 0 aromatic carbocycles. The van der Waals surface area contributed by atoms with Gasteiger partial charge in [-0.25, -0.2) is 0 Å². The molecular weight excluding hydrogens is 264 g/mol. The summed E-state index contributed by atoms with van der Waals surface area (Å²) >= 11 is 3.18. The summed E-state index contributed by atoms with van der Waals surface area (Å²) in [6.45, 7) is 0.629. The molecule has 96 valence electrons. The van der Waals surface area contributed by atoms with Gasteiger partial charge in [-0.1, -0.05) is 12.1 Å². The molecule has 18 heavy (non-hydrogen) atoms. The molecule has 0 aliphatic heterocycles. The average Bonchev–Trinajstić information content (AvgIpc) is 3.01. The van der Waals surface area contributed by atoms with Crippen LogP contribution in [0.3, 0.4) is 0 Å². The minimum atomic E-state index is 0.00778. The maximum absolute atomic E-state index is 11.9. The number of nitrogens with zero attached hydrogens (tertiary/aromatic N) is 1. The molecule has 1 N–H and O–H groups in total. The monoisotopic (exact) mass is 280 g/mol. The minimum Gasteiger partial charge on any atom is -0.349 e. The van der Waals surface area contributed by atoms with Gasteiger partial charge in [0.2, 0.25) is 0 Å². The van der Waals surface area contributed by atoms with Crippen molar-refractivity contribution in [1.82, 2.24) is 10.2 Å². The van der Waals surface area contributed by atoms with Crippen molar-refractivity contribution in [2.45, 2.75) is 6.04 Å². The van der Waals surface area contributed by atoms with E-state index in [1.165, 1.54) is 16.2 Å². The number of carbonyl (C=O) groups is 1. The molecule has 1 amide bonds. The van der Waals surface area contributed by atoms with Crippen molar-refractivity contribution < 1.29 is 4.79 Å². The second-order valence-electron chi connectivity index (χ2n) is 4.18. The van der Waals surface area contributed by atoms with E-state index in [4.69, 9.17) is 0 Å². The topological polar surface area (TPSA) is 32.3 Å². The zero-order valence-electron chi connectivity index (χ0n) is 10.4. The average molecular weight is 280 g/mol. The Hall–Kier alpha value is -1.17. The molecule has 0 aliphatic carbocycles. The summed E-state index contributed by atoms with van der Waals surface area (Å²) in [7, 11) is 4.06. The second-order valence-corrected chi connectivity index (χ2v) is 6.11. The fourth-order valence-electron chi connectivity index (χ4n) is 1.70. The molecule has 2 heterocycles.